The molecule has 0 N–H and O–H groups in total. The Labute approximate surface area is 184 Å². The number of aryl methyl sites for hydroxylation is 1. The first-order valence-corrected chi connectivity index (χ1v) is 10.1. The lowest BCUT2D eigenvalue weighted by Crippen LogP contribution is -2.15. The maximum Gasteiger partial charge on any atom is 0.344 e. The first-order chi connectivity index (χ1) is 15.8. The third-order valence-corrected chi connectivity index (χ3v) is 4.35. The van der Waals surface area contributed by atoms with Gasteiger partial charge in [-0.2, -0.15) is 4.98 Å². The van der Waals surface area contributed by atoms with Gasteiger partial charge in [-0.15, -0.1) is 0 Å². The number of ether oxygens (including phenoxy) is 3. The predicted octanol–water partition coefficient (Wildman–Crippen LogP) is 4.48. The number of hydrogen-bond donors (Lipinski definition) is 0. The molecule has 0 amide bonds. The van der Waals surface area contributed by atoms with E-state index in [-0.39, 0.29) is 13.2 Å². The number of aromatic nitrogens is 3. The van der Waals surface area contributed by atoms with Gasteiger partial charge in [0.05, 0.1) is 6.61 Å². The minimum absolute atomic E-state index is 0.176. The standard InChI is InChI=1S/C24H21N3O5/c28-23(17-30-19-10-12-21(13-11-19)31-20-7-2-1-3-8-20)29-15-5-9-22-26-24(27-32-22)18-6-4-14-25-16-18/h1-4,6-8,10-14,16H,5,9,15,17H2. The fourth-order valence-electron chi connectivity index (χ4n) is 2.79. The summed E-state index contributed by atoms with van der Waals surface area (Å²) in [5, 5.41) is 3.93. The second kappa shape index (κ2) is 10.7. The van der Waals surface area contributed by atoms with Gasteiger partial charge in [0, 0.05) is 24.4 Å². The molecule has 4 rings (SSSR count). The highest BCUT2D eigenvalue weighted by molar-refractivity contribution is 5.71. The molecule has 8 heteroatoms. The van der Waals surface area contributed by atoms with E-state index in [9.17, 15) is 4.79 Å². The highest BCUT2D eigenvalue weighted by Gasteiger charge is 2.10. The van der Waals surface area contributed by atoms with E-state index in [1.165, 1.54) is 0 Å². The third kappa shape index (κ3) is 6.15. The molecule has 0 aliphatic rings. The van der Waals surface area contributed by atoms with Gasteiger partial charge < -0.3 is 18.7 Å². The molecule has 0 bridgehead atoms. The van der Waals surface area contributed by atoms with Crippen molar-refractivity contribution in [2.75, 3.05) is 13.2 Å². The fraction of sp³-hybridized carbons (Fsp3) is 0.167. The van der Waals surface area contributed by atoms with E-state index in [4.69, 9.17) is 18.7 Å². The molecule has 0 fully saturated rings. The molecule has 2 aromatic carbocycles. The Morgan fingerprint density at radius 3 is 2.47 bits per heavy atom. The van der Waals surface area contributed by atoms with E-state index in [0.717, 1.165) is 11.3 Å². The zero-order valence-electron chi connectivity index (χ0n) is 17.2. The SMILES string of the molecule is O=C(COc1ccc(Oc2ccccc2)cc1)OCCCc1nc(-c2cccnc2)no1. The zero-order chi connectivity index (χ0) is 22.0. The van der Waals surface area contributed by atoms with Crippen LogP contribution in [0.3, 0.4) is 0 Å². The Morgan fingerprint density at radius 2 is 1.69 bits per heavy atom. The van der Waals surface area contributed by atoms with Crippen LogP contribution >= 0.6 is 0 Å². The fourth-order valence-corrected chi connectivity index (χ4v) is 2.79. The predicted molar refractivity (Wildman–Crippen MR) is 115 cm³/mol. The smallest absolute Gasteiger partial charge is 0.344 e. The van der Waals surface area contributed by atoms with E-state index < -0.39 is 5.97 Å². The number of carbonyl (C=O) groups is 1. The lowest BCUT2D eigenvalue weighted by atomic mass is 10.3. The summed E-state index contributed by atoms with van der Waals surface area (Å²) >= 11 is 0. The Balaban J connectivity index is 1.14. The second-order valence-electron chi connectivity index (χ2n) is 6.75. The molecule has 4 aromatic rings. The lowest BCUT2D eigenvalue weighted by molar-refractivity contribution is -0.146. The van der Waals surface area contributed by atoms with Gasteiger partial charge in [-0.25, -0.2) is 4.79 Å². The van der Waals surface area contributed by atoms with Gasteiger partial charge >= 0.3 is 5.97 Å². The van der Waals surface area contributed by atoms with Crippen LogP contribution in [0.25, 0.3) is 11.4 Å². The number of hydrogen-bond acceptors (Lipinski definition) is 8. The number of para-hydroxylation sites is 1. The van der Waals surface area contributed by atoms with Crippen LogP contribution in [-0.2, 0) is 16.0 Å². The van der Waals surface area contributed by atoms with Crippen LogP contribution in [0.2, 0.25) is 0 Å². The van der Waals surface area contributed by atoms with Crippen LogP contribution in [0, 0.1) is 0 Å². The molecule has 0 unspecified atom stereocenters. The van der Waals surface area contributed by atoms with Crippen molar-refractivity contribution in [1.82, 2.24) is 15.1 Å². The second-order valence-corrected chi connectivity index (χ2v) is 6.75. The lowest BCUT2D eigenvalue weighted by Gasteiger charge is -2.08. The van der Waals surface area contributed by atoms with Crippen molar-refractivity contribution < 1.29 is 23.5 Å². The highest BCUT2D eigenvalue weighted by Crippen LogP contribution is 2.23. The maximum atomic E-state index is 11.9. The minimum Gasteiger partial charge on any atom is -0.482 e. The molecule has 0 aliphatic carbocycles. The van der Waals surface area contributed by atoms with Crippen molar-refractivity contribution in [3.8, 4) is 28.6 Å². The first-order valence-electron chi connectivity index (χ1n) is 10.1. The average molecular weight is 431 g/mol. The summed E-state index contributed by atoms with van der Waals surface area (Å²) < 4.78 is 21.6. The van der Waals surface area contributed by atoms with E-state index in [1.807, 2.05) is 36.4 Å². The Kier molecular flexibility index (Phi) is 7.05. The van der Waals surface area contributed by atoms with E-state index in [2.05, 4.69) is 15.1 Å². The van der Waals surface area contributed by atoms with Gasteiger partial charge in [-0.1, -0.05) is 23.4 Å². The Bertz CT molecular complexity index is 1120. The molecule has 0 aliphatic heterocycles. The molecular formula is C24H21N3O5. The first kappa shape index (κ1) is 21.0. The van der Waals surface area contributed by atoms with Crippen molar-refractivity contribution in [3.05, 3.63) is 85.0 Å². The number of carbonyl (C=O) groups excluding carboxylic acids is 1. The molecule has 8 nitrogen and oxygen atoms in total. The van der Waals surface area contributed by atoms with Crippen molar-refractivity contribution >= 4 is 5.97 Å². The normalized spacial score (nSPS) is 10.5. The van der Waals surface area contributed by atoms with Crippen LogP contribution in [0.15, 0.2) is 83.6 Å². The van der Waals surface area contributed by atoms with Crippen molar-refractivity contribution in [2.45, 2.75) is 12.8 Å². The monoisotopic (exact) mass is 431 g/mol. The summed E-state index contributed by atoms with van der Waals surface area (Å²) in [6.07, 6.45) is 4.41. The van der Waals surface area contributed by atoms with Gasteiger partial charge in [0.15, 0.2) is 6.61 Å². The van der Waals surface area contributed by atoms with Crippen LogP contribution in [0.1, 0.15) is 12.3 Å². The molecule has 0 saturated heterocycles. The highest BCUT2D eigenvalue weighted by atomic mass is 16.6. The van der Waals surface area contributed by atoms with Crippen LogP contribution in [0.4, 0.5) is 0 Å². The van der Waals surface area contributed by atoms with Crippen molar-refractivity contribution in [3.63, 3.8) is 0 Å². The van der Waals surface area contributed by atoms with Crippen LogP contribution < -0.4 is 9.47 Å². The molecule has 162 valence electrons. The number of rotatable bonds is 10. The molecule has 0 spiro atoms. The van der Waals surface area contributed by atoms with Crippen LogP contribution in [0.5, 0.6) is 17.2 Å². The van der Waals surface area contributed by atoms with Gasteiger partial charge in [-0.3, -0.25) is 4.98 Å². The number of benzene rings is 2. The van der Waals surface area contributed by atoms with Gasteiger partial charge in [0.2, 0.25) is 11.7 Å². The molecule has 0 saturated carbocycles. The van der Waals surface area contributed by atoms with Gasteiger partial charge in [-0.05, 0) is 55.0 Å². The quantitative estimate of drug-likeness (QED) is 0.268. The van der Waals surface area contributed by atoms with Crippen LogP contribution in [-0.4, -0.2) is 34.3 Å². The largest absolute Gasteiger partial charge is 0.482 e. The molecule has 0 atom stereocenters. The van der Waals surface area contributed by atoms with Gasteiger partial charge in [0.1, 0.15) is 17.2 Å². The summed E-state index contributed by atoms with van der Waals surface area (Å²) in [5.74, 6) is 2.50. The Hall–Kier alpha value is -4.20. The zero-order valence-corrected chi connectivity index (χ0v) is 17.2. The summed E-state index contributed by atoms with van der Waals surface area (Å²) in [5.41, 5.74) is 0.783. The molecule has 2 aromatic heterocycles. The number of nitrogens with zero attached hydrogens (tertiary/aromatic N) is 3. The molecule has 32 heavy (non-hydrogen) atoms. The Morgan fingerprint density at radius 1 is 0.906 bits per heavy atom. The van der Waals surface area contributed by atoms with Gasteiger partial charge in [0.25, 0.3) is 0 Å². The molecule has 0 radical (unpaired) electrons. The minimum atomic E-state index is -0.448. The summed E-state index contributed by atoms with van der Waals surface area (Å²) in [6, 6.07) is 20.2. The number of esters is 1. The third-order valence-electron chi connectivity index (χ3n) is 4.35. The van der Waals surface area contributed by atoms with E-state index in [1.54, 1.807) is 42.7 Å². The summed E-state index contributed by atoms with van der Waals surface area (Å²) in [4.78, 5) is 20.2. The topological polar surface area (TPSA) is 96.6 Å². The number of pyridine rings is 1. The average Bonchev–Trinajstić information content (AvgIpc) is 3.32. The molecule has 2 heterocycles. The summed E-state index contributed by atoms with van der Waals surface area (Å²) in [7, 11) is 0. The van der Waals surface area contributed by atoms with E-state index >= 15 is 0 Å². The van der Waals surface area contributed by atoms with Crippen molar-refractivity contribution in [2.24, 2.45) is 0 Å². The van der Waals surface area contributed by atoms with E-state index in [0.29, 0.717) is 36.1 Å². The molecular weight excluding hydrogens is 410 g/mol. The van der Waals surface area contributed by atoms with Crippen molar-refractivity contribution in [1.29, 1.82) is 0 Å². The summed E-state index contributed by atoms with van der Waals surface area (Å²) in [6.45, 7) is 0.0568. The maximum absolute atomic E-state index is 11.9.